The van der Waals surface area contributed by atoms with Crippen LogP contribution in [0.3, 0.4) is 0 Å². The Bertz CT molecular complexity index is 607. The van der Waals surface area contributed by atoms with E-state index >= 15 is 0 Å². The lowest BCUT2D eigenvalue weighted by atomic mass is 10.0. The number of fused-ring (bicyclic) bond motifs is 1. The molecule has 1 amide bonds. The molecule has 0 atom stereocenters. The molecule has 1 aliphatic rings. The van der Waals surface area contributed by atoms with Crippen molar-refractivity contribution in [3.63, 3.8) is 0 Å². The molecule has 7 heteroatoms. The van der Waals surface area contributed by atoms with Crippen LogP contribution in [0.25, 0.3) is 0 Å². The van der Waals surface area contributed by atoms with E-state index in [-0.39, 0.29) is 36.4 Å². The fourth-order valence-electron chi connectivity index (χ4n) is 2.97. The number of rotatable bonds is 8. The van der Waals surface area contributed by atoms with Crippen LogP contribution in [0.15, 0.2) is 29.3 Å². The lowest BCUT2D eigenvalue weighted by Crippen LogP contribution is -2.46. The number of nitrogens with zero attached hydrogens (tertiary/aromatic N) is 2. The van der Waals surface area contributed by atoms with Crippen molar-refractivity contribution in [1.29, 1.82) is 0 Å². The molecule has 6 nitrogen and oxygen atoms in total. The predicted molar refractivity (Wildman–Crippen MR) is 122 cm³/mol. The summed E-state index contributed by atoms with van der Waals surface area (Å²) in [6, 6.07) is 8.14. The zero-order valence-electron chi connectivity index (χ0n) is 16.7. The second-order valence-electron chi connectivity index (χ2n) is 6.95. The number of anilines is 1. The number of ether oxygens (including phenoxy) is 1. The fourth-order valence-corrected chi connectivity index (χ4v) is 2.97. The minimum Gasteiger partial charge on any atom is -0.381 e. The molecular formula is C20H33IN4O2. The average molecular weight is 488 g/mol. The maximum absolute atomic E-state index is 12.6. The number of aliphatic imine (C=N–C) groups is 1. The van der Waals surface area contributed by atoms with Gasteiger partial charge in [0.15, 0.2) is 5.96 Å². The molecule has 0 fully saturated rings. The number of carbonyl (C=O) groups is 1. The Balaban J connectivity index is 0.00000364. The van der Waals surface area contributed by atoms with Crippen LogP contribution in [0.1, 0.15) is 32.3 Å². The summed E-state index contributed by atoms with van der Waals surface area (Å²) >= 11 is 0. The van der Waals surface area contributed by atoms with Gasteiger partial charge in [0.2, 0.25) is 5.91 Å². The smallest absolute Gasteiger partial charge is 0.246 e. The molecule has 1 heterocycles. The summed E-state index contributed by atoms with van der Waals surface area (Å²) < 4.78 is 5.56. The summed E-state index contributed by atoms with van der Waals surface area (Å²) in [6.07, 6.45) is 2.95. The summed E-state index contributed by atoms with van der Waals surface area (Å²) in [5.41, 5.74) is 2.28. The molecule has 27 heavy (non-hydrogen) atoms. The van der Waals surface area contributed by atoms with Crippen LogP contribution < -0.4 is 15.5 Å². The van der Waals surface area contributed by atoms with Crippen molar-refractivity contribution >= 4 is 41.5 Å². The Morgan fingerprint density at radius 2 is 2.07 bits per heavy atom. The second-order valence-corrected chi connectivity index (χ2v) is 6.95. The van der Waals surface area contributed by atoms with Gasteiger partial charge in [-0.25, -0.2) is 0 Å². The zero-order chi connectivity index (χ0) is 18.8. The Morgan fingerprint density at radius 3 is 2.81 bits per heavy atom. The van der Waals surface area contributed by atoms with E-state index in [1.807, 2.05) is 23.1 Å². The summed E-state index contributed by atoms with van der Waals surface area (Å²) in [5.74, 6) is 1.27. The van der Waals surface area contributed by atoms with E-state index in [0.29, 0.717) is 11.9 Å². The number of guanidine groups is 1. The summed E-state index contributed by atoms with van der Waals surface area (Å²) in [5, 5.41) is 6.34. The van der Waals surface area contributed by atoms with Gasteiger partial charge in [0.05, 0.1) is 6.54 Å². The highest BCUT2D eigenvalue weighted by Gasteiger charge is 2.21. The van der Waals surface area contributed by atoms with E-state index in [0.717, 1.165) is 51.3 Å². The van der Waals surface area contributed by atoms with Gasteiger partial charge in [-0.3, -0.25) is 9.79 Å². The number of aryl methyl sites for hydroxylation is 1. The summed E-state index contributed by atoms with van der Waals surface area (Å²) in [7, 11) is 1.71. The van der Waals surface area contributed by atoms with Crippen molar-refractivity contribution in [3.05, 3.63) is 29.8 Å². The van der Waals surface area contributed by atoms with Crippen LogP contribution in [-0.2, 0) is 16.0 Å². The molecule has 2 N–H and O–H groups in total. The van der Waals surface area contributed by atoms with Gasteiger partial charge in [-0.2, -0.15) is 0 Å². The quantitative estimate of drug-likeness (QED) is 0.256. The summed E-state index contributed by atoms with van der Waals surface area (Å²) in [6.45, 7) is 7.57. The highest BCUT2D eigenvalue weighted by molar-refractivity contribution is 14.0. The fraction of sp³-hybridized carbons (Fsp3) is 0.600. The zero-order valence-corrected chi connectivity index (χ0v) is 19.0. The first-order valence-electron chi connectivity index (χ1n) is 9.52. The normalized spacial score (nSPS) is 13.8. The monoisotopic (exact) mass is 488 g/mol. The Labute approximate surface area is 180 Å². The van der Waals surface area contributed by atoms with Gasteiger partial charge in [-0.05, 0) is 36.8 Å². The van der Waals surface area contributed by atoms with Gasteiger partial charge < -0.3 is 20.3 Å². The topological polar surface area (TPSA) is 66.0 Å². The minimum absolute atomic E-state index is 0. The van der Waals surface area contributed by atoms with E-state index in [2.05, 4.69) is 35.5 Å². The Morgan fingerprint density at radius 1 is 1.30 bits per heavy atom. The molecule has 0 radical (unpaired) electrons. The standard InChI is InChI=1S/C20H32N4O2.HI/c1-16(2)15-26-13-7-11-22-20(21-3)23-14-19(25)24-12-6-9-17-8-4-5-10-18(17)24;/h4-5,8,10,16H,6-7,9,11-15H2,1-3H3,(H2,21,22,23);1H. The third-order valence-corrected chi connectivity index (χ3v) is 4.25. The SMILES string of the molecule is CN=C(NCCCOCC(C)C)NCC(=O)N1CCCc2ccccc21.I. The number of carbonyl (C=O) groups excluding carboxylic acids is 1. The average Bonchev–Trinajstić information content (AvgIpc) is 2.65. The predicted octanol–water partition coefficient (Wildman–Crippen LogP) is 2.81. The van der Waals surface area contributed by atoms with Crippen LogP contribution in [0, 0.1) is 5.92 Å². The van der Waals surface area contributed by atoms with Gasteiger partial charge >= 0.3 is 0 Å². The van der Waals surface area contributed by atoms with Gasteiger partial charge in [0, 0.05) is 39.0 Å². The first-order chi connectivity index (χ1) is 12.6. The first kappa shape index (κ1) is 23.7. The van der Waals surface area contributed by atoms with Crippen molar-refractivity contribution in [2.24, 2.45) is 10.9 Å². The lowest BCUT2D eigenvalue weighted by molar-refractivity contribution is -0.117. The molecule has 0 bridgehead atoms. The number of hydrogen-bond acceptors (Lipinski definition) is 3. The lowest BCUT2D eigenvalue weighted by Gasteiger charge is -2.29. The molecule has 0 spiro atoms. The van der Waals surface area contributed by atoms with Crippen molar-refractivity contribution < 1.29 is 9.53 Å². The number of nitrogens with one attached hydrogen (secondary N) is 2. The molecule has 1 aliphatic heterocycles. The van der Waals surface area contributed by atoms with Crippen LogP contribution in [-0.4, -0.2) is 51.8 Å². The summed E-state index contributed by atoms with van der Waals surface area (Å²) in [4.78, 5) is 18.7. The molecule has 0 unspecified atom stereocenters. The molecule has 1 aromatic carbocycles. The van der Waals surface area contributed by atoms with Crippen molar-refractivity contribution in [2.75, 3.05) is 44.8 Å². The van der Waals surface area contributed by atoms with Gasteiger partial charge in [-0.15, -0.1) is 24.0 Å². The molecule has 0 aliphatic carbocycles. The van der Waals surface area contributed by atoms with E-state index in [4.69, 9.17) is 4.74 Å². The number of halogens is 1. The number of amides is 1. The Kier molecular flexibility index (Phi) is 11.3. The highest BCUT2D eigenvalue weighted by atomic mass is 127. The third-order valence-electron chi connectivity index (χ3n) is 4.25. The Hall–Kier alpha value is -1.35. The van der Waals surface area contributed by atoms with Crippen molar-refractivity contribution in [3.8, 4) is 0 Å². The van der Waals surface area contributed by atoms with Crippen LogP contribution in [0.5, 0.6) is 0 Å². The maximum Gasteiger partial charge on any atom is 0.246 e. The third kappa shape index (κ3) is 8.04. The van der Waals surface area contributed by atoms with E-state index in [1.165, 1.54) is 5.56 Å². The van der Waals surface area contributed by atoms with Crippen molar-refractivity contribution in [1.82, 2.24) is 10.6 Å². The largest absolute Gasteiger partial charge is 0.381 e. The molecule has 0 aromatic heterocycles. The first-order valence-corrected chi connectivity index (χ1v) is 9.52. The number of para-hydroxylation sites is 1. The van der Waals surface area contributed by atoms with Crippen molar-refractivity contribution in [2.45, 2.75) is 33.1 Å². The van der Waals surface area contributed by atoms with Gasteiger partial charge in [0.1, 0.15) is 0 Å². The molecule has 152 valence electrons. The van der Waals surface area contributed by atoms with Crippen LogP contribution >= 0.6 is 24.0 Å². The van der Waals surface area contributed by atoms with Crippen LogP contribution in [0.2, 0.25) is 0 Å². The molecule has 2 rings (SSSR count). The molecule has 0 saturated heterocycles. The number of benzene rings is 1. The number of hydrogen-bond donors (Lipinski definition) is 2. The molecule has 1 aromatic rings. The second kappa shape index (κ2) is 12.9. The van der Waals surface area contributed by atoms with Crippen LogP contribution in [0.4, 0.5) is 5.69 Å². The highest BCUT2D eigenvalue weighted by Crippen LogP contribution is 2.26. The minimum atomic E-state index is 0. The molecule has 0 saturated carbocycles. The van der Waals surface area contributed by atoms with E-state index < -0.39 is 0 Å². The van der Waals surface area contributed by atoms with E-state index in [1.54, 1.807) is 7.05 Å². The molecular weight excluding hydrogens is 455 g/mol. The van der Waals surface area contributed by atoms with E-state index in [9.17, 15) is 4.79 Å². The van der Waals surface area contributed by atoms with Gasteiger partial charge in [0.25, 0.3) is 0 Å². The van der Waals surface area contributed by atoms with Gasteiger partial charge in [-0.1, -0.05) is 32.0 Å². The maximum atomic E-state index is 12.6.